The van der Waals surface area contributed by atoms with Crippen molar-refractivity contribution in [2.45, 2.75) is 18.9 Å². The fraction of sp³-hybridized carbons (Fsp3) is 0.235. The summed E-state index contributed by atoms with van der Waals surface area (Å²) >= 11 is 0. The number of hydrogen-bond donors (Lipinski definition) is 1. The maximum absolute atomic E-state index is 12.3. The van der Waals surface area contributed by atoms with E-state index in [0.29, 0.717) is 6.54 Å². The molecule has 4 rings (SSSR count). The standard InChI is InChI=1S/C17H16N4O2/c22-17(14-9-13(14)15-4-2-8-23-15)20-10-12-3-1-5-19-16(12)21-7-6-18-11-21/h1-8,11,13-14H,9-10H2,(H,20,22)/t13-,14-/m0/s1. The Balaban J connectivity index is 1.41. The Kier molecular flexibility index (Phi) is 3.42. The molecule has 1 aliphatic rings. The summed E-state index contributed by atoms with van der Waals surface area (Å²) in [6, 6.07) is 7.61. The van der Waals surface area contributed by atoms with Crippen molar-refractivity contribution in [3.05, 3.63) is 66.8 Å². The Labute approximate surface area is 133 Å². The summed E-state index contributed by atoms with van der Waals surface area (Å²) < 4.78 is 7.21. The van der Waals surface area contributed by atoms with Crippen molar-refractivity contribution < 1.29 is 9.21 Å². The summed E-state index contributed by atoms with van der Waals surface area (Å²) in [5.41, 5.74) is 0.953. The molecule has 0 bridgehead atoms. The molecule has 3 heterocycles. The Morgan fingerprint density at radius 2 is 2.30 bits per heavy atom. The van der Waals surface area contributed by atoms with Gasteiger partial charge in [0.15, 0.2) is 0 Å². The summed E-state index contributed by atoms with van der Waals surface area (Å²) in [5.74, 6) is 1.96. The van der Waals surface area contributed by atoms with Crippen LogP contribution in [0, 0.1) is 5.92 Å². The summed E-state index contributed by atoms with van der Waals surface area (Å²) in [6.45, 7) is 0.446. The molecule has 0 unspecified atom stereocenters. The summed E-state index contributed by atoms with van der Waals surface area (Å²) in [6.07, 6.45) is 9.46. The Morgan fingerprint density at radius 3 is 3.09 bits per heavy atom. The van der Waals surface area contributed by atoms with Gasteiger partial charge in [-0.25, -0.2) is 9.97 Å². The lowest BCUT2D eigenvalue weighted by atomic mass is 10.2. The molecule has 3 aromatic rings. The Bertz CT molecular complexity index is 796. The van der Waals surface area contributed by atoms with Gasteiger partial charge in [-0.3, -0.25) is 9.36 Å². The number of carbonyl (C=O) groups excluding carboxylic acids is 1. The quantitative estimate of drug-likeness (QED) is 0.785. The maximum Gasteiger partial charge on any atom is 0.224 e. The fourth-order valence-electron chi connectivity index (χ4n) is 2.80. The van der Waals surface area contributed by atoms with E-state index >= 15 is 0 Å². The lowest BCUT2D eigenvalue weighted by Gasteiger charge is -2.10. The zero-order valence-electron chi connectivity index (χ0n) is 12.4. The number of pyridine rings is 1. The first-order valence-corrected chi connectivity index (χ1v) is 7.56. The van der Waals surface area contributed by atoms with Crippen LogP contribution < -0.4 is 5.32 Å². The predicted molar refractivity (Wildman–Crippen MR) is 82.8 cm³/mol. The summed E-state index contributed by atoms with van der Waals surface area (Å²) in [4.78, 5) is 20.7. The number of aromatic nitrogens is 3. The van der Waals surface area contributed by atoms with Gasteiger partial charge in [-0.2, -0.15) is 0 Å². The molecule has 1 amide bonds. The normalized spacial score (nSPS) is 19.5. The van der Waals surface area contributed by atoms with Crippen LogP contribution in [0.4, 0.5) is 0 Å². The fourth-order valence-corrected chi connectivity index (χ4v) is 2.80. The molecule has 0 aromatic carbocycles. The zero-order chi connectivity index (χ0) is 15.6. The number of rotatable bonds is 5. The molecular formula is C17H16N4O2. The molecule has 1 fully saturated rings. The zero-order valence-corrected chi connectivity index (χ0v) is 12.4. The average molecular weight is 308 g/mol. The lowest BCUT2D eigenvalue weighted by Crippen LogP contribution is -2.25. The van der Waals surface area contributed by atoms with E-state index in [1.54, 1.807) is 25.0 Å². The summed E-state index contributed by atoms with van der Waals surface area (Å²) in [5, 5.41) is 3.00. The highest BCUT2D eigenvalue weighted by molar-refractivity contribution is 5.82. The van der Waals surface area contributed by atoms with Gasteiger partial charge in [0.25, 0.3) is 0 Å². The number of amides is 1. The average Bonchev–Trinajstić information content (AvgIpc) is 3.01. The molecule has 0 spiro atoms. The minimum atomic E-state index is 0.00881. The van der Waals surface area contributed by atoms with Gasteiger partial charge in [-0.1, -0.05) is 6.07 Å². The first kappa shape index (κ1) is 13.8. The largest absolute Gasteiger partial charge is 0.469 e. The van der Waals surface area contributed by atoms with Crippen LogP contribution in [0.3, 0.4) is 0 Å². The SMILES string of the molecule is O=C(NCc1cccnc1-n1ccnc1)[C@H]1C[C@@H]1c1ccco1. The van der Waals surface area contributed by atoms with Crippen molar-refractivity contribution >= 4 is 5.91 Å². The van der Waals surface area contributed by atoms with Crippen LogP contribution in [-0.4, -0.2) is 20.4 Å². The van der Waals surface area contributed by atoms with Crippen LogP contribution in [0.1, 0.15) is 23.7 Å². The topological polar surface area (TPSA) is 73.0 Å². The molecule has 0 saturated heterocycles. The molecule has 3 aromatic heterocycles. The third-order valence-corrected chi connectivity index (χ3v) is 4.11. The van der Waals surface area contributed by atoms with Crippen LogP contribution in [0.2, 0.25) is 0 Å². The minimum Gasteiger partial charge on any atom is -0.469 e. The summed E-state index contributed by atoms with van der Waals surface area (Å²) in [7, 11) is 0. The second-order valence-electron chi connectivity index (χ2n) is 5.64. The molecule has 6 nitrogen and oxygen atoms in total. The van der Waals surface area contributed by atoms with Crippen molar-refractivity contribution in [3.8, 4) is 5.82 Å². The molecule has 2 atom stereocenters. The molecule has 1 aliphatic carbocycles. The highest BCUT2D eigenvalue weighted by Crippen LogP contribution is 2.47. The first-order chi connectivity index (χ1) is 11.3. The third-order valence-electron chi connectivity index (χ3n) is 4.11. The van der Waals surface area contributed by atoms with Crippen molar-refractivity contribution in [1.82, 2.24) is 19.9 Å². The molecule has 1 saturated carbocycles. The lowest BCUT2D eigenvalue weighted by molar-refractivity contribution is -0.122. The number of nitrogens with one attached hydrogen (secondary N) is 1. The predicted octanol–water partition coefficient (Wildman–Crippen LogP) is 2.28. The van der Waals surface area contributed by atoms with Crippen molar-refractivity contribution in [2.24, 2.45) is 5.92 Å². The minimum absolute atomic E-state index is 0.00881. The van der Waals surface area contributed by atoms with E-state index in [-0.39, 0.29) is 17.7 Å². The molecule has 0 radical (unpaired) electrons. The molecule has 6 heteroatoms. The Hall–Kier alpha value is -2.89. The van der Waals surface area contributed by atoms with E-state index in [2.05, 4.69) is 15.3 Å². The molecular weight excluding hydrogens is 292 g/mol. The van der Waals surface area contributed by atoms with E-state index in [1.165, 1.54) is 0 Å². The molecule has 0 aliphatic heterocycles. The van der Waals surface area contributed by atoms with Gasteiger partial charge in [-0.15, -0.1) is 0 Å². The van der Waals surface area contributed by atoms with Gasteiger partial charge < -0.3 is 9.73 Å². The molecule has 23 heavy (non-hydrogen) atoms. The highest BCUT2D eigenvalue weighted by Gasteiger charge is 2.45. The van der Waals surface area contributed by atoms with Crippen LogP contribution in [0.15, 0.2) is 59.9 Å². The smallest absolute Gasteiger partial charge is 0.224 e. The van der Waals surface area contributed by atoms with Gasteiger partial charge in [0, 0.05) is 42.5 Å². The Morgan fingerprint density at radius 1 is 1.35 bits per heavy atom. The second kappa shape index (κ2) is 5.72. The van der Waals surface area contributed by atoms with E-state index in [0.717, 1.165) is 23.6 Å². The molecule has 1 N–H and O–H groups in total. The van der Waals surface area contributed by atoms with E-state index in [1.807, 2.05) is 35.0 Å². The van der Waals surface area contributed by atoms with Gasteiger partial charge in [-0.05, 0) is 24.6 Å². The van der Waals surface area contributed by atoms with E-state index in [4.69, 9.17) is 4.42 Å². The van der Waals surface area contributed by atoms with Gasteiger partial charge in [0.05, 0.1) is 6.26 Å². The number of hydrogen-bond acceptors (Lipinski definition) is 4. The first-order valence-electron chi connectivity index (χ1n) is 7.56. The van der Waals surface area contributed by atoms with Crippen LogP contribution >= 0.6 is 0 Å². The monoisotopic (exact) mass is 308 g/mol. The number of furan rings is 1. The number of nitrogens with zero attached hydrogens (tertiary/aromatic N) is 3. The van der Waals surface area contributed by atoms with Gasteiger partial charge in [0.2, 0.25) is 5.91 Å². The van der Waals surface area contributed by atoms with E-state index < -0.39 is 0 Å². The highest BCUT2D eigenvalue weighted by atomic mass is 16.3. The van der Waals surface area contributed by atoms with Gasteiger partial charge in [0.1, 0.15) is 17.9 Å². The van der Waals surface area contributed by atoms with E-state index in [9.17, 15) is 4.79 Å². The van der Waals surface area contributed by atoms with Crippen molar-refractivity contribution in [3.63, 3.8) is 0 Å². The number of carbonyl (C=O) groups is 1. The van der Waals surface area contributed by atoms with Gasteiger partial charge >= 0.3 is 0 Å². The van der Waals surface area contributed by atoms with Crippen LogP contribution in [0.5, 0.6) is 0 Å². The van der Waals surface area contributed by atoms with Crippen molar-refractivity contribution in [1.29, 1.82) is 0 Å². The maximum atomic E-state index is 12.3. The second-order valence-corrected chi connectivity index (χ2v) is 5.64. The van der Waals surface area contributed by atoms with Crippen LogP contribution in [-0.2, 0) is 11.3 Å². The van der Waals surface area contributed by atoms with Crippen molar-refractivity contribution in [2.75, 3.05) is 0 Å². The number of imidazole rings is 1. The molecule has 116 valence electrons. The van der Waals surface area contributed by atoms with Crippen LogP contribution in [0.25, 0.3) is 5.82 Å². The third kappa shape index (κ3) is 2.75.